The largest absolute Gasteiger partial charge is 0.367 e. The van der Waals surface area contributed by atoms with Crippen molar-refractivity contribution < 1.29 is 4.92 Å². The molecule has 0 heterocycles. The van der Waals surface area contributed by atoms with Gasteiger partial charge >= 0.3 is 5.69 Å². The SMILES string of the molecule is CN(CC1(N(C)C)CCC1)c1cccc(Cl)c1[N+](=O)[O-]. The molecule has 0 saturated heterocycles. The van der Waals surface area contributed by atoms with Gasteiger partial charge in [-0.15, -0.1) is 0 Å². The van der Waals surface area contributed by atoms with Crippen LogP contribution in [0.15, 0.2) is 18.2 Å². The van der Waals surface area contributed by atoms with E-state index in [1.807, 2.05) is 11.9 Å². The molecule has 1 saturated carbocycles. The molecule has 0 bridgehead atoms. The van der Waals surface area contributed by atoms with E-state index in [1.54, 1.807) is 18.2 Å². The molecule has 0 aliphatic heterocycles. The monoisotopic (exact) mass is 297 g/mol. The van der Waals surface area contributed by atoms with Gasteiger partial charge in [-0.25, -0.2) is 0 Å². The molecule has 0 spiro atoms. The van der Waals surface area contributed by atoms with Gasteiger partial charge in [0.15, 0.2) is 0 Å². The van der Waals surface area contributed by atoms with Crippen LogP contribution >= 0.6 is 11.6 Å². The normalized spacial score (nSPS) is 16.9. The molecule has 1 fully saturated rings. The minimum absolute atomic E-state index is 0.00936. The summed E-state index contributed by atoms with van der Waals surface area (Å²) in [6.45, 7) is 0.765. The third-order valence-electron chi connectivity index (χ3n) is 4.32. The highest BCUT2D eigenvalue weighted by atomic mass is 35.5. The minimum Gasteiger partial charge on any atom is -0.367 e. The van der Waals surface area contributed by atoms with Gasteiger partial charge < -0.3 is 9.80 Å². The number of benzene rings is 1. The molecule has 0 N–H and O–H groups in total. The summed E-state index contributed by atoms with van der Waals surface area (Å²) in [6, 6.07) is 5.07. The predicted octanol–water partition coefficient (Wildman–Crippen LogP) is 3.17. The Labute approximate surface area is 124 Å². The lowest BCUT2D eigenvalue weighted by atomic mass is 9.75. The Hall–Kier alpha value is -1.33. The van der Waals surface area contributed by atoms with Crippen LogP contribution in [0.25, 0.3) is 0 Å². The van der Waals surface area contributed by atoms with E-state index in [0.717, 1.165) is 19.4 Å². The van der Waals surface area contributed by atoms with Gasteiger partial charge in [-0.1, -0.05) is 17.7 Å². The van der Waals surface area contributed by atoms with Crippen molar-refractivity contribution in [3.8, 4) is 0 Å². The maximum absolute atomic E-state index is 11.2. The number of nitro benzene ring substituents is 1. The first-order chi connectivity index (χ1) is 9.37. The van der Waals surface area contributed by atoms with Gasteiger partial charge in [0.25, 0.3) is 0 Å². The van der Waals surface area contributed by atoms with Crippen LogP contribution in [0.3, 0.4) is 0 Å². The van der Waals surface area contributed by atoms with Crippen molar-refractivity contribution in [1.82, 2.24) is 4.90 Å². The minimum atomic E-state index is -0.405. The van der Waals surface area contributed by atoms with E-state index >= 15 is 0 Å². The molecule has 20 heavy (non-hydrogen) atoms. The molecular formula is C14H20ClN3O2. The van der Waals surface area contributed by atoms with Crippen LogP contribution in [-0.2, 0) is 0 Å². The smallest absolute Gasteiger partial charge is 0.310 e. The molecule has 0 unspecified atom stereocenters. The fourth-order valence-corrected chi connectivity index (χ4v) is 3.09. The second-order valence-corrected chi connectivity index (χ2v) is 6.10. The number of halogens is 1. The summed E-state index contributed by atoms with van der Waals surface area (Å²) in [6.07, 6.45) is 3.46. The predicted molar refractivity (Wildman–Crippen MR) is 81.6 cm³/mol. The number of hydrogen-bond acceptors (Lipinski definition) is 4. The highest BCUT2D eigenvalue weighted by Gasteiger charge is 2.40. The maximum Gasteiger partial charge on any atom is 0.310 e. The molecule has 5 nitrogen and oxygen atoms in total. The van der Waals surface area contributed by atoms with E-state index in [9.17, 15) is 10.1 Å². The zero-order chi connectivity index (χ0) is 14.9. The number of nitrogens with zero attached hydrogens (tertiary/aromatic N) is 3. The van der Waals surface area contributed by atoms with Crippen molar-refractivity contribution in [3.63, 3.8) is 0 Å². The van der Waals surface area contributed by atoms with Crippen LogP contribution in [0.1, 0.15) is 19.3 Å². The second-order valence-electron chi connectivity index (χ2n) is 5.69. The van der Waals surface area contributed by atoms with Gasteiger partial charge in [0.2, 0.25) is 0 Å². The van der Waals surface area contributed by atoms with Gasteiger partial charge in [-0.3, -0.25) is 10.1 Å². The molecule has 2 rings (SSSR count). The molecule has 0 aromatic heterocycles. The number of hydrogen-bond donors (Lipinski definition) is 0. The highest BCUT2D eigenvalue weighted by Crippen LogP contribution is 2.40. The number of para-hydroxylation sites is 1. The Morgan fingerprint density at radius 2 is 2.00 bits per heavy atom. The molecule has 1 aromatic carbocycles. The zero-order valence-corrected chi connectivity index (χ0v) is 12.9. The zero-order valence-electron chi connectivity index (χ0n) is 12.1. The van der Waals surface area contributed by atoms with Crippen molar-refractivity contribution in [2.24, 2.45) is 0 Å². The number of nitro groups is 1. The van der Waals surface area contributed by atoms with Crippen LogP contribution < -0.4 is 4.90 Å². The topological polar surface area (TPSA) is 49.6 Å². The van der Waals surface area contributed by atoms with E-state index in [1.165, 1.54) is 6.42 Å². The summed E-state index contributed by atoms with van der Waals surface area (Å²) in [4.78, 5) is 15.0. The Kier molecular flexibility index (Phi) is 4.20. The van der Waals surface area contributed by atoms with E-state index in [-0.39, 0.29) is 16.2 Å². The Balaban J connectivity index is 2.28. The molecule has 1 aliphatic carbocycles. The lowest BCUT2D eigenvalue weighted by Gasteiger charge is -2.49. The van der Waals surface area contributed by atoms with Crippen molar-refractivity contribution in [2.75, 3.05) is 32.6 Å². The first-order valence-corrected chi connectivity index (χ1v) is 7.07. The average Bonchev–Trinajstić information content (AvgIpc) is 2.32. The van der Waals surface area contributed by atoms with Crippen molar-refractivity contribution in [1.29, 1.82) is 0 Å². The van der Waals surface area contributed by atoms with Gasteiger partial charge in [0.1, 0.15) is 10.7 Å². The first-order valence-electron chi connectivity index (χ1n) is 6.69. The third-order valence-corrected chi connectivity index (χ3v) is 4.63. The molecule has 6 heteroatoms. The van der Waals surface area contributed by atoms with Gasteiger partial charge in [-0.05, 0) is 45.5 Å². The molecular weight excluding hydrogens is 278 g/mol. The number of rotatable bonds is 5. The summed E-state index contributed by atoms with van der Waals surface area (Å²) in [5.74, 6) is 0. The van der Waals surface area contributed by atoms with Crippen LogP contribution in [0.4, 0.5) is 11.4 Å². The van der Waals surface area contributed by atoms with Crippen molar-refractivity contribution >= 4 is 23.0 Å². The van der Waals surface area contributed by atoms with E-state index in [2.05, 4.69) is 19.0 Å². The Morgan fingerprint density at radius 3 is 2.45 bits per heavy atom. The number of likely N-dealkylation sites (N-methyl/N-ethyl adjacent to an activating group) is 2. The third kappa shape index (κ3) is 2.60. The quantitative estimate of drug-likeness (QED) is 0.619. The highest BCUT2D eigenvalue weighted by molar-refractivity contribution is 6.33. The van der Waals surface area contributed by atoms with E-state index < -0.39 is 4.92 Å². The average molecular weight is 298 g/mol. The number of anilines is 1. The fraction of sp³-hybridized carbons (Fsp3) is 0.571. The van der Waals surface area contributed by atoms with Crippen LogP contribution in [0.5, 0.6) is 0 Å². The van der Waals surface area contributed by atoms with E-state index in [0.29, 0.717) is 5.69 Å². The summed E-state index contributed by atoms with van der Waals surface area (Å²) >= 11 is 5.97. The summed E-state index contributed by atoms with van der Waals surface area (Å²) < 4.78 is 0. The van der Waals surface area contributed by atoms with Crippen molar-refractivity contribution in [3.05, 3.63) is 33.3 Å². The standard InChI is InChI=1S/C14H20ClN3O2/c1-16(2)14(8-5-9-14)10-17(3)12-7-4-6-11(15)13(12)18(19)20/h4,6-7H,5,8-10H2,1-3H3. The molecule has 110 valence electrons. The second kappa shape index (κ2) is 5.58. The maximum atomic E-state index is 11.2. The fourth-order valence-electron chi connectivity index (χ4n) is 2.85. The van der Waals surface area contributed by atoms with Crippen LogP contribution in [0, 0.1) is 10.1 Å². The van der Waals surface area contributed by atoms with Crippen molar-refractivity contribution in [2.45, 2.75) is 24.8 Å². The van der Waals surface area contributed by atoms with Crippen LogP contribution in [0.2, 0.25) is 5.02 Å². The summed E-state index contributed by atoms with van der Waals surface area (Å²) in [5, 5.41) is 11.4. The van der Waals surface area contributed by atoms with Gasteiger partial charge in [-0.2, -0.15) is 0 Å². The summed E-state index contributed by atoms with van der Waals surface area (Å²) in [5.41, 5.74) is 0.686. The Morgan fingerprint density at radius 1 is 1.35 bits per heavy atom. The first kappa shape index (κ1) is 15.1. The lowest BCUT2D eigenvalue weighted by Crippen LogP contribution is -2.56. The summed E-state index contributed by atoms with van der Waals surface area (Å²) in [7, 11) is 6.03. The molecule has 0 amide bonds. The van der Waals surface area contributed by atoms with Gasteiger partial charge in [0.05, 0.1) is 4.92 Å². The van der Waals surface area contributed by atoms with Gasteiger partial charge in [0, 0.05) is 19.1 Å². The molecule has 0 radical (unpaired) electrons. The molecule has 0 atom stereocenters. The molecule has 1 aromatic rings. The molecule has 1 aliphatic rings. The lowest BCUT2D eigenvalue weighted by molar-refractivity contribution is -0.384. The Bertz CT molecular complexity index is 515. The van der Waals surface area contributed by atoms with Crippen LogP contribution in [-0.4, -0.2) is 43.0 Å². The van der Waals surface area contributed by atoms with E-state index in [4.69, 9.17) is 11.6 Å².